The van der Waals surface area contributed by atoms with Crippen molar-refractivity contribution < 1.29 is 0 Å². The van der Waals surface area contributed by atoms with Gasteiger partial charge in [-0.15, -0.1) is 0 Å². The minimum Gasteiger partial charge on any atom is -0.317 e. The molecule has 0 radical (unpaired) electrons. The van der Waals surface area contributed by atoms with E-state index in [0.29, 0.717) is 12.2 Å². The number of nitrogens with zero attached hydrogens (tertiary/aromatic N) is 3. The smallest absolute Gasteiger partial charge is 0.106 e. The van der Waals surface area contributed by atoms with Gasteiger partial charge in [0.05, 0.1) is 5.69 Å². The molecule has 0 aromatic carbocycles. The van der Waals surface area contributed by atoms with Crippen molar-refractivity contribution in [2.75, 3.05) is 46.3 Å². The van der Waals surface area contributed by atoms with Gasteiger partial charge >= 0.3 is 0 Å². The lowest BCUT2D eigenvalue weighted by atomic mass is 10.0. The van der Waals surface area contributed by atoms with E-state index in [-0.39, 0.29) is 0 Å². The first kappa shape index (κ1) is 14.9. The number of hydrogen-bond acceptors (Lipinski definition) is 5. The average Bonchev–Trinajstić information content (AvgIpc) is 2.58. The van der Waals surface area contributed by atoms with Gasteiger partial charge in [0.2, 0.25) is 0 Å². The van der Waals surface area contributed by atoms with Gasteiger partial charge in [-0.3, -0.25) is 14.8 Å². The van der Waals surface area contributed by atoms with E-state index < -0.39 is 0 Å². The fourth-order valence-electron chi connectivity index (χ4n) is 3.49. The number of rotatable bonds is 4. The van der Waals surface area contributed by atoms with Gasteiger partial charge in [-0.05, 0) is 32.0 Å². The Hall–Kier alpha value is -1.01. The maximum Gasteiger partial charge on any atom is 0.106 e. The Morgan fingerprint density at radius 1 is 1.14 bits per heavy atom. The van der Waals surface area contributed by atoms with Gasteiger partial charge in [-0.1, -0.05) is 6.07 Å². The molecule has 3 rings (SSSR count). The Balaban J connectivity index is 1.76. The lowest BCUT2D eigenvalue weighted by Gasteiger charge is -2.44. The molecule has 1 aromatic heterocycles. The Morgan fingerprint density at radius 2 is 1.86 bits per heavy atom. The third-order valence-electron chi connectivity index (χ3n) is 4.73. The quantitative estimate of drug-likeness (QED) is 0.853. The molecule has 2 saturated heterocycles. The fourth-order valence-corrected chi connectivity index (χ4v) is 3.49. The van der Waals surface area contributed by atoms with Gasteiger partial charge in [-0.25, -0.2) is 0 Å². The summed E-state index contributed by atoms with van der Waals surface area (Å²) in [7, 11) is 2.08. The van der Waals surface area contributed by atoms with Gasteiger partial charge in [0, 0.05) is 51.5 Å². The third-order valence-corrected chi connectivity index (χ3v) is 4.73. The maximum absolute atomic E-state index is 4.65. The van der Waals surface area contributed by atoms with Crippen molar-refractivity contribution in [1.29, 1.82) is 0 Å². The minimum atomic E-state index is 0.339. The summed E-state index contributed by atoms with van der Waals surface area (Å²) in [5, 5.41) is 6.87. The summed E-state index contributed by atoms with van der Waals surface area (Å²) in [6.45, 7) is 6.67. The van der Waals surface area contributed by atoms with E-state index in [1.807, 2.05) is 12.3 Å². The Labute approximate surface area is 127 Å². The van der Waals surface area contributed by atoms with E-state index in [0.717, 1.165) is 39.3 Å². The zero-order valence-electron chi connectivity index (χ0n) is 13.0. The molecule has 2 aliphatic heterocycles. The van der Waals surface area contributed by atoms with Crippen LogP contribution < -0.4 is 10.6 Å². The van der Waals surface area contributed by atoms with Crippen LogP contribution in [0.3, 0.4) is 0 Å². The largest absolute Gasteiger partial charge is 0.317 e. The second kappa shape index (κ2) is 7.31. The van der Waals surface area contributed by atoms with E-state index in [9.17, 15) is 0 Å². The van der Waals surface area contributed by atoms with Crippen molar-refractivity contribution in [1.82, 2.24) is 25.4 Å². The van der Waals surface area contributed by atoms with Crippen molar-refractivity contribution in [2.45, 2.75) is 25.0 Å². The highest BCUT2D eigenvalue weighted by Gasteiger charge is 2.31. The zero-order chi connectivity index (χ0) is 14.5. The standard InChI is InChI=1S/C16H27N5/c1-17-14-5-10-20(11-6-14)16(15-4-2-3-7-19-15)21-12-8-18-9-13-21/h2-4,7,14,16-18H,5-6,8-13H2,1H3. The van der Waals surface area contributed by atoms with Crippen LogP contribution in [0.25, 0.3) is 0 Å². The Kier molecular flexibility index (Phi) is 5.19. The van der Waals surface area contributed by atoms with E-state index in [2.05, 4.69) is 44.6 Å². The molecule has 0 saturated carbocycles. The molecular weight excluding hydrogens is 262 g/mol. The summed E-state index contributed by atoms with van der Waals surface area (Å²) in [4.78, 5) is 9.84. The van der Waals surface area contributed by atoms with Crippen LogP contribution in [0.1, 0.15) is 24.7 Å². The maximum atomic E-state index is 4.65. The molecule has 1 atom stereocenters. The van der Waals surface area contributed by atoms with Crippen LogP contribution in [-0.4, -0.2) is 67.1 Å². The van der Waals surface area contributed by atoms with E-state index in [1.54, 1.807) is 0 Å². The van der Waals surface area contributed by atoms with Crippen LogP contribution in [0.2, 0.25) is 0 Å². The van der Waals surface area contributed by atoms with Crippen LogP contribution in [0.4, 0.5) is 0 Å². The van der Waals surface area contributed by atoms with Gasteiger partial charge in [0.15, 0.2) is 0 Å². The second-order valence-electron chi connectivity index (χ2n) is 6.01. The number of piperazine rings is 1. The first-order valence-electron chi connectivity index (χ1n) is 8.15. The highest BCUT2D eigenvalue weighted by atomic mass is 15.4. The lowest BCUT2D eigenvalue weighted by Crippen LogP contribution is -2.53. The van der Waals surface area contributed by atoms with Crippen molar-refractivity contribution in [2.24, 2.45) is 0 Å². The first-order chi connectivity index (χ1) is 10.4. The summed E-state index contributed by atoms with van der Waals surface area (Å²) in [5.41, 5.74) is 1.20. The third kappa shape index (κ3) is 3.61. The minimum absolute atomic E-state index is 0.339. The molecule has 2 N–H and O–H groups in total. The summed E-state index contributed by atoms with van der Waals surface area (Å²) < 4.78 is 0. The number of nitrogens with one attached hydrogen (secondary N) is 2. The molecule has 5 heteroatoms. The average molecular weight is 289 g/mol. The summed E-state index contributed by atoms with van der Waals surface area (Å²) in [6.07, 6.45) is 4.72. The molecular formula is C16H27N5. The molecule has 2 aliphatic rings. The topological polar surface area (TPSA) is 43.4 Å². The molecule has 116 valence electrons. The molecule has 2 fully saturated rings. The number of likely N-dealkylation sites (tertiary alicyclic amines) is 1. The number of aromatic nitrogens is 1. The van der Waals surface area contributed by atoms with Gasteiger partial charge in [0.25, 0.3) is 0 Å². The highest BCUT2D eigenvalue weighted by Crippen LogP contribution is 2.27. The molecule has 21 heavy (non-hydrogen) atoms. The van der Waals surface area contributed by atoms with Crippen molar-refractivity contribution in [3.05, 3.63) is 30.1 Å². The van der Waals surface area contributed by atoms with Gasteiger partial charge < -0.3 is 10.6 Å². The summed E-state index contributed by atoms with van der Waals surface area (Å²) >= 11 is 0. The van der Waals surface area contributed by atoms with Crippen molar-refractivity contribution >= 4 is 0 Å². The highest BCUT2D eigenvalue weighted by molar-refractivity contribution is 5.09. The van der Waals surface area contributed by atoms with Crippen LogP contribution in [0, 0.1) is 0 Å². The van der Waals surface area contributed by atoms with Crippen LogP contribution in [-0.2, 0) is 0 Å². The van der Waals surface area contributed by atoms with Gasteiger partial charge in [0.1, 0.15) is 6.17 Å². The fraction of sp³-hybridized carbons (Fsp3) is 0.688. The Bertz CT molecular complexity index is 410. The molecule has 5 nitrogen and oxygen atoms in total. The van der Waals surface area contributed by atoms with Crippen LogP contribution in [0.5, 0.6) is 0 Å². The SMILES string of the molecule is CNC1CCN(C(c2ccccn2)N2CCNCC2)CC1. The number of pyridine rings is 1. The predicted molar refractivity (Wildman–Crippen MR) is 85.1 cm³/mol. The zero-order valence-corrected chi connectivity index (χ0v) is 13.0. The number of hydrogen-bond donors (Lipinski definition) is 2. The van der Waals surface area contributed by atoms with Crippen molar-refractivity contribution in [3.8, 4) is 0 Å². The molecule has 0 spiro atoms. The number of piperidine rings is 1. The van der Waals surface area contributed by atoms with E-state index in [4.69, 9.17) is 0 Å². The van der Waals surface area contributed by atoms with Crippen LogP contribution in [0.15, 0.2) is 24.4 Å². The monoisotopic (exact) mass is 289 g/mol. The van der Waals surface area contributed by atoms with Crippen molar-refractivity contribution in [3.63, 3.8) is 0 Å². The van der Waals surface area contributed by atoms with Gasteiger partial charge in [-0.2, -0.15) is 0 Å². The molecule has 0 amide bonds. The molecule has 0 bridgehead atoms. The molecule has 1 aromatic rings. The molecule has 0 aliphatic carbocycles. The Morgan fingerprint density at radius 3 is 2.48 bits per heavy atom. The first-order valence-corrected chi connectivity index (χ1v) is 8.15. The second-order valence-corrected chi connectivity index (χ2v) is 6.01. The molecule has 1 unspecified atom stereocenters. The predicted octanol–water partition coefficient (Wildman–Crippen LogP) is 0.669. The lowest BCUT2D eigenvalue weighted by molar-refractivity contribution is 0.0122. The normalized spacial score (nSPS) is 24.0. The van der Waals surface area contributed by atoms with E-state index >= 15 is 0 Å². The van der Waals surface area contributed by atoms with Crippen LogP contribution >= 0.6 is 0 Å². The molecule has 3 heterocycles. The van der Waals surface area contributed by atoms with E-state index in [1.165, 1.54) is 18.5 Å². The summed E-state index contributed by atoms with van der Waals surface area (Å²) in [5.74, 6) is 0. The summed E-state index contributed by atoms with van der Waals surface area (Å²) in [6, 6.07) is 6.97.